The van der Waals surface area contributed by atoms with E-state index < -0.39 is 0 Å². The summed E-state index contributed by atoms with van der Waals surface area (Å²) in [4.78, 5) is 14.8. The van der Waals surface area contributed by atoms with Gasteiger partial charge in [0, 0.05) is 34.9 Å². The Labute approximate surface area is 359 Å². The molecule has 0 saturated carbocycles. The third kappa shape index (κ3) is 5.26. The number of hydrogen-bond acceptors (Lipinski definition) is 4. The number of rotatable bonds is 4. The summed E-state index contributed by atoms with van der Waals surface area (Å²) in [5, 5.41) is 5.98. The predicted molar refractivity (Wildman–Crippen MR) is 241 cm³/mol. The molecule has 0 unspecified atom stereocenters. The van der Waals surface area contributed by atoms with Gasteiger partial charge in [0.05, 0.1) is 33.4 Å². The molecule has 0 saturated heterocycles. The molecule has 6 nitrogen and oxygen atoms in total. The quantitative estimate of drug-likeness (QED) is 0.100. The minimum Gasteiger partial charge on any atom is -0.497 e. The smallest absolute Gasteiger partial charge is 0.497 e. The molecule has 0 fully saturated rings. The Hall–Kier alpha value is -6.91. The summed E-state index contributed by atoms with van der Waals surface area (Å²) in [6, 6.07) is 52.1. The number of aromatic nitrogens is 5. The molecule has 5 heterocycles. The van der Waals surface area contributed by atoms with Crippen molar-refractivity contribution in [3.8, 4) is 33.8 Å². The van der Waals surface area contributed by atoms with E-state index >= 15 is 0 Å². The first kappa shape index (κ1) is 36.2. The van der Waals surface area contributed by atoms with E-state index in [0.717, 1.165) is 76.7 Å². The fourth-order valence-electron chi connectivity index (χ4n) is 9.53. The van der Waals surface area contributed by atoms with Gasteiger partial charge in [-0.15, -0.1) is 12.1 Å². The van der Waals surface area contributed by atoms with E-state index in [9.17, 15) is 0 Å². The maximum absolute atomic E-state index is 6.69. The molecule has 12 aromatic rings. The topological polar surface area (TPSA) is 56.7 Å². The van der Waals surface area contributed by atoms with Crippen molar-refractivity contribution < 1.29 is 25.2 Å². The zero-order chi connectivity index (χ0) is 39.5. The molecule has 0 N–H and O–H groups in total. The van der Waals surface area contributed by atoms with Crippen LogP contribution in [0.5, 0.6) is 11.5 Å². The Morgan fingerprint density at radius 1 is 0.467 bits per heavy atom. The minimum atomic E-state index is 0. The van der Waals surface area contributed by atoms with Gasteiger partial charge in [0.2, 0.25) is 0 Å². The van der Waals surface area contributed by atoms with E-state index in [1.54, 1.807) is 0 Å². The van der Waals surface area contributed by atoms with Gasteiger partial charge in [-0.25, -0.2) is 0 Å². The van der Waals surface area contributed by atoms with Gasteiger partial charge in [0.25, 0.3) is 0 Å². The second-order valence-corrected chi connectivity index (χ2v) is 15.7. The van der Waals surface area contributed by atoms with Crippen molar-refractivity contribution in [2.24, 2.45) is 0 Å². The Bertz CT molecular complexity index is 3730. The standard InChI is InChI=1S/C53H35N5O.Pd/c1-30-11-9-12-31(2)50(30)39-27-38-36-21-19-34(59-35-20-22-37-42(26-35)52-55-44-15-5-7-17-47(44)57(52)46-23-24-54-29-43(37)46)25-41(36)53-56-45-16-6-8-18-48(45)58(53)49(38)28-40(39)51-32(3)13-10-14-33(51)4;/h5-24,27-29H,1-4H3;/q-2;+2. The number of pyridine rings is 3. The maximum Gasteiger partial charge on any atom is 2.00 e. The Kier molecular flexibility index (Phi) is 8.19. The number of benzene rings is 7. The van der Waals surface area contributed by atoms with Crippen LogP contribution in [0.25, 0.3) is 99.0 Å². The molecule has 0 aliphatic carbocycles. The van der Waals surface area contributed by atoms with Crippen molar-refractivity contribution in [3.05, 3.63) is 174 Å². The van der Waals surface area contributed by atoms with Crippen LogP contribution in [0.2, 0.25) is 0 Å². The molecule has 0 atom stereocenters. The van der Waals surface area contributed by atoms with Gasteiger partial charge >= 0.3 is 20.4 Å². The van der Waals surface area contributed by atoms with Crippen LogP contribution in [-0.4, -0.2) is 23.8 Å². The molecule has 0 aliphatic heterocycles. The first-order valence-electron chi connectivity index (χ1n) is 19.9. The first-order valence-corrected chi connectivity index (χ1v) is 19.9. The molecule has 0 amide bonds. The zero-order valence-electron chi connectivity index (χ0n) is 33.2. The number of ether oxygens (including phenoxy) is 1. The van der Waals surface area contributed by atoms with Crippen molar-refractivity contribution in [1.29, 1.82) is 0 Å². The first-order chi connectivity index (χ1) is 28.9. The van der Waals surface area contributed by atoms with Gasteiger partial charge in [0.15, 0.2) is 0 Å². The van der Waals surface area contributed by atoms with Crippen molar-refractivity contribution in [3.63, 3.8) is 0 Å². The van der Waals surface area contributed by atoms with Crippen molar-refractivity contribution in [2.45, 2.75) is 27.7 Å². The summed E-state index contributed by atoms with van der Waals surface area (Å²) < 4.78 is 11.2. The molecule has 288 valence electrons. The van der Waals surface area contributed by atoms with E-state index in [1.165, 1.54) is 44.5 Å². The normalized spacial score (nSPS) is 11.9. The molecule has 7 heteroatoms. The van der Waals surface area contributed by atoms with Crippen LogP contribution in [0.1, 0.15) is 22.3 Å². The number of nitrogens with zero attached hydrogens (tertiary/aromatic N) is 5. The summed E-state index contributed by atoms with van der Waals surface area (Å²) >= 11 is 0. The van der Waals surface area contributed by atoms with Crippen LogP contribution in [0.3, 0.4) is 0 Å². The van der Waals surface area contributed by atoms with Crippen molar-refractivity contribution >= 4 is 76.7 Å². The van der Waals surface area contributed by atoms with Gasteiger partial charge in [-0.1, -0.05) is 113 Å². The molecule has 12 rings (SSSR count). The molecular weight excluding hydrogens is 829 g/mol. The summed E-state index contributed by atoms with van der Waals surface area (Å²) in [7, 11) is 0. The second kappa shape index (κ2) is 13.6. The SMILES string of the molecule is Cc1cccc(C)c1-c1cc2c3ccc(Oc4[c-]c5c(cc4)c4cnccc4n4c6ccccc6nc54)[c-]c3c3nc4ccccc4n3c2cc1-c1c(C)cccc1C.[Pd+2]. The van der Waals surface area contributed by atoms with Gasteiger partial charge in [-0.2, -0.15) is 0 Å². The van der Waals surface area contributed by atoms with E-state index in [4.69, 9.17) is 14.7 Å². The van der Waals surface area contributed by atoms with Crippen molar-refractivity contribution in [2.75, 3.05) is 0 Å². The molecule has 0 spiro atoms. The number of hydrogen-bond donors (Lipinski definition) is 0. The summed E-state index contributed by atoms with van der Waals surface area (Å²) in [5.41, 5.74) is 17.6. The van der Waals surface area contributed by atoms with E-state index in [-0.39, 0.29) is 20.4 Å². The molecule has 0 radical (unpaired) electrons. The fraction of sp³-hybridized carbons (Fsp3) is 0.0755. The summed E-state index contributed by atoms with van der Waals surface area (Å²) in [6.07, 6.45) is 3.75. The predicted octanol–water partition coefficient (Wildman–Crippen LogP) is 13.3. The largest absolute Gasteiger partial charge is 2.00 e. The Balaban J connectivity index is 0.00000408. The van der Waals surface area contributed by atoms with E-state index in [0.29, 0.717) is 11.5 Å². The Morgan fingerprint density at radius 3 is 1.53 bits per heavy atom. The average Bonchev–Trinajstić information content (AvgIpc) is 3.84. The van der Waals surface area contributed by atoms with Crippen LogP contribution >= 0.6 is 0 Å². The summed E-state index contributed by atoms with van der Waals surface area (Å²) in [6.45, 7) is 8.86. The molecular formula is C53H35N5OPd. The maximum atomic E-state index is 6.69. The molecule has 0 aliphatic rings. The third-order valence-corrected chi connectivity index (χ3v) is 12.1. The van der Waals surface area contributed by atoms with Crippen LogP contribution < -0.4 is 4.74 Å². The molecule has 0 bridgehead atoms. The molecule has 7 aromatic carbocycles. The number of para-hydroxylation sites is 4. The fourth-order valence-corrected chi connectivity index (χ4v) is 9.53. The zero-order valence-corrected chi connectivity index (χ0v) is 34.8. The number of fused-ring (bicyclic) bond motifs is 16. The van der Waals surface area contributed by atoms with Crippen LogP contribution in [-0.2, 0) is 20.4 Å². The van der Waals surface area contributed by atoms with Gasteiger partial charge in [-0.05, 0) is 119 Å². The summed E-state index contributed by atoms with van der Waals surface area (Å²) in [5.74, 6) is 1.15. The molecule has 60 heavy (non-hydrogen) atoms. The van der Waals surface area contributed by atoms with E-state index in [1.807, 2.05) is 54.9 Å². The molecule has 5 aromatic heterocycles. The van der Waals surface area contributed by atoms with Crippen LogP contribution in [0, 0.1) is 39.8 Å². The second-order valence-electron chi connectivity index (χ2n) is 15.7. The van der Waals surface area contributed by atoms with Crippen LogP contribution in [0.4, 0.5) is 0 Å². The monoisotopic (exact) mass is 863 g/mol. The van der Waals surface area contributed by atoms with E-state index in [2.05, 4.69) is 139 Å². The third-order valence-electron chi connectivity index (χ3n) is 12.1. The van der Waals surface area contributed by atoms with Crippen molar-refractivity contribution in [1.82, 2.24) is 23.8 Å². The number of imidazole rings is 2. The minimum absolute atomic E-state index is 0. The van der Waals surface area contributed by atoms with Gasteiger partial charge < -0.3 is 13.5 Å². The van der Waals surface area contributed by atoms with Crippen LogP contribution in [0.15, 0.2) is 140 Å². The average molecular weight is 864 g/mol. The van der Waals surface area contributed by atoms with Gasteiger partial charge in [0.1, 0.15) is 0 Å². The number of aryl methyl sites for hydroxylation is 4. The Morgan fingerprint density at radius 2 is 0.967 bits per heavy atom. The van der Waals surface area contributed by atoms with Gasteiger partial charge in [-0.3, -0.25) is 15.0 Å².